The zero-order valence-electron chi connectivity index (χ0n) is 12.3. The molecule has 5 nitrogen and oxygen atoms in total. The molecule has 2 bridgehead atoms. The summed E-state index contributed by atoms with van der Waals surface area (Å²) in [4.78, 5) is 11.7. The maximum Gasteiger partial charge on any atom is 0.407 e. The van der Waals surface area contributed by atoms with Gasteiger partial charge in [0.1, 0.15) is 5.60 Å². The summed E-state index contributed by atoms with van der Waals surface area (Å²) in [6.07, 6.45) is 3.79. The highest BCUT2D eigenvalue weighted by molar-refractivity contribution is 5.67. The molecule has 1 aliphatic carbocycles. The number of amides is 1. The van der Waals surface area contributed by atoms with Crippen LogP contribution in [0.25, 0.3) is 0 Å². The normalized spacial score (nSPS) is 34.1. The molecule has 2 aliphatic heterocycles. The van der Waals surface area contributed by atoms with Crippen molar-refractivity contribution in [3.05, 3.63) is 0 Å². The van der Waals surface area contributed by atoms with Gasteiger partial charge in [-0.15, -0.1) is 0 Å². The largest absolute Gasteiger partial charge is 0.444 e. The minimum Gasteiger partial charge on any atom is -0.444 e. The molecule has 0 aromatic heterocycles. The number of carbonyl (C=O) groups excluding carboxylic acids is 1. The number of ether oxygens (including phenoxy) is 2. The molecule has 5 heteroatoms. The van der Waals surface area contributed by atoms with Crippen molar-refractivity contribution in [3.63, 3.8) is 0 Å². The van der Waals surface area contributed by atoms with E-state index in [1.54, 1.807) is 0 Å². The maximum absolute atomic E-state index is 11.7. The predicted molar refractivity (Wildman–Crippen MR) is 72.9 cm³/mol. The summed E-state index contributed by atoms with van der Waals surface area (Å²) in [5, 5.41) is 2.88. The number of rotatable bonds is 3. The second-order valence-electron chi connectivity index (χ2n) is 7.03. The molecule has 0 atom stereocenters. The summed E-state index contributed by atoms with van der Waals surface area (Å²) < 4.78 is 11.2. The molecular formula is C14H26N2O3. The smallest absolute Gasteiger partial charge is 0.407 e. The molecule has 3 aliphatic rings. The molecule has 2 heterocycles. The highest BCUT2D eigenvalue weighted by Gasteiger charge is 2.49. The number of nitrogens with two attached hydrogens (primary N) is 1. The van der Waals surface area contributed by atoms with Crippen LogP contribution in [0.15, 0.2) is 0 Å². The minimum atomic E-state index is -0.452. The van der Waals surface area contributed by atoms with E-state index in [0.29, 0.717) is 19.7 Å². The first-order valence-corrected chi connectivity index (χ1v) is 7.09. The zero-order chi connectivity index (χ0) is 14.1. The molecule has 0 spiro atoms. The summed E-state index contributed by atoms with van der Waals surface area (Å²) in [5.74, 6) is 0. The molecule has 0 unspecified atom stereocenters. The average molecular weight is 270 g/mol. The molecule has 0 aromatic rings. The summed E-state index contributed by atoms with van der Waals surface area (Å²) in [6.45, 7) is 7.52. The Bertz CT molecular complexity index is 325. The number of fused-ring (bicyclic) bond motifs is 3. The third kappa shape index (κ3) is 3.39. The topological polar surface area (TPSA) is 73.6 Å². The van der Waals surface area contributed by atoms with Gasteiger partial charge in [0.05, 0.1) is 12.2 Å². The van der Waals surface area contributed by atoms with Gasteiger partial charge in [-0.25, -0.2) is 4.79 Å². The first-order valence-electron chi connectivity index (χ1n) is 7.09. The van der Waals surface area contributed by atoms with Crippen molar-refractivity contribution in [3.8, 4) is 0 Å². The van der Waals surface area contributed by atoms with E-state index in [9.17, 15) is 4.79 Å². The van der Waals surface area contributed by atoms with Gasteiger partial charge >= 0.3 is 6.09 Å². The van der Waals surface area contributed by atoms with Crippen LogP contribution in [0.5, 0.6) is 0 Å². The second kappa shape index (κ2) is 4.94. The Morgan fingerprint density at radius 3 is 2.37 bits per heavy atom. The van der Waals surface area contributed by atoms with Gasteiger partial charge in [-0.2, -0.15) is 0 Å². The number of carbonyl (C=O) groups is 1. The first-order chi connectivity index (χ1) is 8.78. The van der Waals surface area contributed by atoms with Crippen molar-refractivity contribution in [2.45, 2.75) is 57.7 Å². The minimum absolute atomic E-state index is 0.0772. The molecular weight excluding hydrogens is 244 g/mol. The van der Waals surface area contributed by atoms with Gasteiger partial charge in [0.25, 0.3) is 0 Å². The standard InChI is InChI=1S/C14H26N2O3/c1-12(2,3)19-11(17)16-9-13-4-6-14(8-15,7-5-13)18-10-13/h4-10,15H2,1-3H3,(H,16,17). The lowest BCUT2D eigenvalue weighted by Crippen LogP contribution is -2.57. The van der Waals surface area contributed by atoms with Crippen LogP contribution in [0.4, 0.5) is 4.79 Å². The molecule has 3 N–H and O–H groups in total. The van der Waals surface area contributed by atoms with Crippen molar-refractivity contribution in [2.75, 3.05) is 19.7 Å². The van der Waals surface area contributed by atoms with Crippen LogP contribution >= 0.6 is 0 Å². The maximum atomic E-state index is 11.7. The Hall–Kier alpha value is -0.810. The Balaban J connectivity index is 1.83. The monoisotopic (exact) mass is 270 g/mol. The van der Waals surface area contributed by atoms with Gasteiger partial charge in [-0.3, -0.25) is 0 Å². The van der Waals surface area contributed by atoms with Gasteiger partial charge in [0.2, 0.25) is 0 Å². The van der Waals surface area contributed by atoms with Gasteiger partial charge in [0.15, 0.2) is 0 Å². The number of alkyl carbamates (subject to hydrolysis) is 1. The fourth-order valence-corrected chi connectivity index (χ4v) is 2.90. The van der Waals surface area contributed by atoms with E-state index in [4.69, 9.17) is 15.2 Å². The third-order valence-corrected chi connectivity index (χ3v) is 4.29. The van der Waals surface area contributed by atoms with Crippen molar-refractivity contribution < 1.29 is 14.3 Å². The number of hydrogen-bond acceptors (Lipinski definition) is 4. The quantitative estimate of drug-likeness (QED) is 0.820. The third-order valence-electron chi connectivity index (χ3n) is 4.29. The van der Waals surface area contributed by atoms with Crippen molar-refractivity contribution >= 4 is 6.09 Å². The summed E-state index contributed by atoms with van der Waals surface area (Å²) in [7, 11) is 0. The van der Waals surface area contributed by atoms with E-state index in [1.807, 2.05) is 20.8 Å². The second-order valence-corrected chi connectivity index (χ2v) is 7.03. The van der Waals surface area contributed by atoms with Crippen LogP contribution < -0.4 is 11.1 Å². The van der Waals surface area contributed by atoms with Gasteiger partial charge in [0, 0.05) is 18.5 Å². The Labute approximate surface area is 115 Å². The van der Waals surface area contributed by atoms with Gasteiger partial charge < -0.3 is 20.5 Å². The van der Waals surface area contributed by atoms with Crippen LogP contribution in [0.3, 0.4) is 0 Å². The Morgan fingerprint density at radius 2 is 1.95 bits per heavy atom. The highest BCUT2D eigenvalue weighted by atomic mass is 16.6. The van der Waals surface area contributed by atoms with Crippen LogP contribution in [-0.2, 0) is 9.47 Å². The van der Waals surface area contributed by atoms with E-state index >= 15 is 0 Å². The molecule has 2 saturated heterocycles. The molecule has 1 amide bonds. The van der Waals surface area contributed by atoms with Gasteiger partial charge in [-0.1, -0.05) is 0 Å². The molecule has 110 valence electrons. The Kier molecular flexibility index (Phi) is 3.80. The van der Waals surface area contributed by atoms with E-state index in [1.165, 1.54) is 0 Å². The van der Waals surface area contributed by atoms with Crippen LogP contribution in [0, 0.1) is 5.41 Å². The highest BCUT2D eigenvalue weighted by Crippen LogP contribution is 2.48. The zero-order valence-corrected chi connectivity index (χ0v) is 12.3. The molecule has 1 saturated carbocycles. The van der Waals surface area contributed by atoms with Crippen molar-refractivity contribution in [2.24, 2.45) is 11.1 Å². The lowest BCUT2D eigenvalue weighted by Gasteiger charge is -2.52. The molecule has 19 heavy (non-hydrogen) atoms. The predicted octanol–water partition coefficient (Wildman–Crippen LogP) is 1.80. The van der Waals surface area contributed by atoms with E-state index in [0.717, 1.165) is 25.7 Å². The first kappa shape index (κ1) is 14.6. The van der Waals surface area contributed by atoms with E-state index < -0.39 is 5.60 Å². The van der Waals surface area contributed by atoms with E-state index in [2.05, 4.69) is 5.32 Å². The SMILES string of the molecule is CC(C)(C)OC(=O)NCC12CCC(CN)(CC1)OC2. The van der Waals surface area contributed by atoms with E-state index in [-0.39, 0.29) is 17.1 Å². The number of nitrogens with one attached hydrogen (secondary N) is 1. The van der Waals surface area contributed by atoms with Crippen molar-refractivity contribution in [1.82, 2.24) is 5.32 Å². The van der Waals surface area contributed by atoms with Crippen LogP contribution in [-0.4, -0.2) is 37.0 Å². The average Bonchev–Trinajstić information content (AvgIpc) is 2.37. The number of hydrogen-bond donors (Lipinski definition) is 2. The molecule has 0 radical (unpaired) electrons. The summed E-state index contributed by atoms with van der Waals surface area (Å²) in [6, 6.07) is 0. The lowest BCUT2D eigenvalue weighted by atomic mass is 9.66. The fraction of sp³-hybridized carbons (Fsp3) is 0.929. The fourth-order valence-electron chi connectivity index (χ4n) is 2.90. The lowest BCUT2D eigenvalue weighted by molar-refractivity contribution is -0.176. The van der Waals surface area contributed by atoms with Crippen LogP contribution in [0.2, 0.25) is 0 Å². The Morgan fingerprint density at radius 1 is 1.32 bits per heavy atom. The molecule has 3 rings (SSSR count). The summed E-state index contributed by atoms with van der Waals surface area (Å²) >= 11 is 0. The van der Waals surface area contributed by atoms with Crippen LogP contribution in [0.1, 0.15) is 46.5 Å². The molecule has 0 aromatic carbocycles. The summed E-state index contributed by atoms with van der Waals surface area (Å²) in [5.41, 5.74) is 5.33. The molecule has 3 fully saturated rings. The van der Waals surface area contributed by atoms with Crippen molar-refractivity contribution in [1.29, 1.82) is 0 Å². The van der Waals surface area contributed by atoms with Gasteiger partial charge in [-0.05, 0) is 46.5 Å².